The first-order valence-corrected chi connectivity index (χ1v) is 7.57. The van der Waals surface area contributed by atoms with Gasteiger partial charge in [-0.3, -0.25) is 5.43 Å². The summed E-state index contributed by atoms with van der Waals surface area (Å²) < 4.78 is 5.27. The number of nitrogens with one attached hydrogen (secondary N) is 2. The Kier molecular flexibility index (Phi) is 8.20. The molecule has 0 amide bonds. The molecule has 0 bridgehead atoms. The number of nitrogens with zero attached hydrogens (tertiary/aromatic N) is 1. The molecule has 0 saturated carbocycles. The first kappa shape index (κ1) is 15.9. The van der Waals surface area contributed by atoms with Crippen LogP contribution in [0.3, 0.4) is 0 Å². The van der Waals surface area contributed by atoms with Crippen LogP contribution >= 0.6 is 11.3 Å². The summed E-state index contributed by atoms with van der Waals surface area (Å²) in [6.07, 6.45) is 1.98. The maximum Gasteiger partial charge on any atom is 0.206 e. The largest absolute Gasteiger partial charge is 0.382 e. The summed E-state index contributed by atoms with van der Waals surface area (Å²) in [4.78, 5) is 5.75. The number of aryl methyl sites for hydroxylation is 1. The number of hydrogen-bond donors (Lipinski definition) is 3. The summed E-state index contributed by atoms with van der Waals surface area (Å²) in [5, 5.41) is 5.27. The van der Waals surface area contributed by atoms with Crippen LogP contribution in [0.1, 0.15) is 30.7 Å². The van der Waals surface area contributed by atoms with E-state index in [1.54, 1.807) is 11.3 Å². The molecule has 0 aliphatic carbocycles. The van der Waals surface area contributed by atoms with Crippen LogP contribution in [-0.2, 0) is 17.7 Å². The molecule has 4 N–H and O–H groups in total. The van der Waals surface area contributed by atoms with Crippen molar-refractivity contribution in [1.82, 2.24) is 10.7 Å². The number of ether oxygens (including phenoxy) is 1. The van der Waals surface area contributed by atoms with Gasteiger partial charge in [-0.05, 0) is 36.8 Å². The van der Waals surface area contributed by atoms with Gasteiger partial charge >= 0.3 is 0 Å². The molecular weight excluding hydrogens is 260 g/mol. The number of nitrogens with two attached hydrogens (primary N) is 1. The number of thiophene rings is 1. The van der Waals surface area contributed by atoms with Gasteiger partial charge in [0.15, 0.2) is 0 Å². The lowest BCUT2D eigenvalue weighted by molar-refractivity contribution is 0.145. The van der Waals surface area contributed by atoms with E-state index < -0.39 is 0 Å². The molecule has 0 aromatic carbocycles. The minimum absolute atomic E-state index is 0.631. The van der Waals surface area contributed by atoms with Gasteiger partial charge in [-0.2, -0.15) is 0 Å². The molecule has 0 spiro atoms. The molecule has 6 heteroatoms. The van der Waals surface area contributed by atoms with Gasteiger partial charge in [-0.15, -0.1) is 11.3 Å². The van der Waals surface area contributed by atoms with Crippen molar-refractivity contribution in [3.05, 3.63) is 21.9 Å². The van der Waals surface area contributed by atoms with Crippen LogP contribution in [0.15, 0.2) is 16.4 Å². The molecule has 0 saturated heterocycles. The maximum atomic E-state index is 5.45. The summed E-state index contributed by atoms with van der Waals surface area (Å²) in [6, 6.07) is 2.15. The highest BCUT2D eigenvalue weighted by molar-refractivity contribution is 7.10. The number of hydrogen-bond acceptors (Lipinski definition) is 4. The van der Waals surface area contributed by atoms with Gasteiger partial charge in [0, 0.05) is 24.6 Å². The average molecular weight is 284 g/mol. The van der Waals surface area contributed by atoms with Crippen molar-refractivity contribution in [2.24, 2.45) is 10.8 Å². The summed E-state index contributed by atoms with van der Waals surface area (Å²) in [5.41, 5.74) is 3.96. The van der Waals surface area contributed by atoms with Gasteiger partial charge in [0.2, 0.25) is 5.96 Å². The van der Waals surface area contributed by atoms with Gasteiger partial charge in [-0.1, -0.05) is 6.92 Å². The lowest BCUT2D eigenvalue weighted by Crippen LogP contribution is -2.42. The van der Waals surface area contributed by atoms with Crippen molar-refractivity contribution in [3.63, 3.8) is 0 Å². The fourth-order valence-electron chi connectivity index (χ4n) is 1.65. The van der Waals surface area contributed by atoms with E-state index in [-0.39, 0.29) is 0 Å². The second-order valence-corrected chi connectivity index (χ2v) is 5.01. The predicted octanol–water partition coefficient (Wildman–Crippen LogP) is 1.65. The first-order valence-electron chi connectivity index (χ1n) is 6.69. The van der Waals surface area contributed by atoms with Gasteiger partial charge in [-0.25, -0.2) is 10.8 Å². The van der Waals surface area contributed by atoms with Gasteiger partial charge in [0.1, 0.15) is 0 Å². The van der Waals surface area contributed by atoms with Gasteiger partial charge in [0.05, 0.1) is 6.54 Å². The minimum Gasteiger partial charge on any atom is -0.382 e. The molecule has 1 aromatic heterocycles. The third-order valence-corrected chi connectivity index (χ3v) is 3.65. The molecular formula is C13H24N4OS. The predicted molar refractivity (Wildman–Crippen MR) is 81.3 cm³/mol. The number of aliphatic imine (C=N–C) groups is 1. The van der Waals surface area contributed by atoms with E-state index in [1.165, 1.54) is 10.4 Å². The van der Waals surface area contributed by atoms with E-state index >= 15 is 0 Å². The lowest BCUT2D eigenvalue weighted by Gasteiger charge is -2.09. The molecule has 0 atom stereocenters. The quantitative estimate of drug-likeness (QED) is 0.223. The zero-order valence-corrected chi connectivity index (χ0v) is 12.6. The van der Waals surface area contributed by atoms with E-state index in [4.69, 9.17) is 10.6 Å². The molecule has 0 fully saturated rings. The number of guanidine groups is 1. The van der Waals surface area contributed by atoms with E-state index in [9.17, 15) is 0 Å². The zero-order chi connectivity index (χ0) is 13.9. The number of hydrazine groups is 1. The van der Waals surface area contributed by atoms with Crippen molar-refractivity contribution < 1.29 is 4.74 Å². The van der Waals surface area contributed by atoms with Crippen LogP contribution in [0, 0.1) is 0 Å². The second kappa shape index (κ2) is 9.77. The zero-order valence-electron chi connectivity index (χ0n) is 11.7. The van der Waals surface area contributed by atoms with Crippen molar-refractivity contribution >= 4 is 17.3 Å². The van der Waals surface area contributed by atoms with E-state index in [0.717, 1.165) is 32.6 Å². The smallest absolute Gasteiger partial charge is 0.206 e. The van der Waals surface area contributed by atoms with Crippen molar-refractivity contribution in [2.45, 2.75) is 33.2 Å². The Morgan fingerprint density at radius 1 is 1.47 bits per heavy atom. The van der Waals surface area contributed by atoms with Crippen LogP contribution in [0.5, 0.6) is 0 Å². The summed E-state index contributed by atoms with van der Waals surface area (Å²) in [7, 11) is 0. The standard InChI is InChI=1S/C13H24N4OS/c1-3-11-6-9-19-12(11)10-16-13(17-14)15-7-5-8-18-4-2/h6,9H,3-5,7-8,10,14H2,1-2H3,(H2,15,16,17). The molecule has 0 unspecified atom stereocenters. The fourth-order valence-corrected chi connectivity index (χ4v) is 2.55. The van der Waals surface area contributed by atoms with Crippen molar-refractivity contribution in [3.8, 4) is 0 Å². The van der Waals surface area contributed by atoms with E-state index in [2.05, 4.69) is 34.1 Å². The third kappa shape index (κ3) is 6.04. The molecule has 0 aliphatic rings. The van der Waals surface area contributed by atoms with Crippen molar-refractivity contribution in [2.75, 3.05) is 19.8 Å². The SMILES string of the molecule is CCOCCCNC(=NCc1sccc1CC)NN. The van der Waals surface area contributed by atoms with Crippen LogP contribution in [0.2, 0.25) is 0 Å². The topological polar surface area (TPSA) is 71.7 Å². The van der Waals surface area contributed by atoms with Crippen LogP contribution in [-0.4, -0.2) is 25.7 Å². The molecule has 1 heterocycles. The van der Waals surface area contributed by atoms with Gasteiger partial charge in [0.25, 0.3) is 0 Å². The maximum absolute atomic E-state index is 5.45. The Bertz CT molecular complexity index is 378. The Morgan fingerprint density at radius 3 is 3.00 bits per heavy atom. The normalized spacial score (nSPS) is 11.6. The Morgan fingerprint density at radius 2 is 2.32 bits per heavy atom. The van der Waals surface area contributed by atoms with Crippen LogP contribution < -0.4 is 16.6 Å². The Labute approximate surface area is 119 Å². The van der Waals surface area contributed by atoms with E-state index in [0.29, 0.717) is 12.5 Å². The molecule has 19 heavy (non-hydrogen) atoms. The molecule has 0 radical (unpaired) electrons. The minimum atomic E-state index is 0.631. The van der Waals surface area contributed by atoms with E-state index in [1.807, 2.05) is 6.92 Å². The highest BCUT2D eigenvalue weighted by Gasteiger charge is 2.02. The van der Waals surface area contributed by atoms with Crippen LogP contribution in [0.4, 0.5) is 0 Å². The highest BCUT2D eigenvalue weighted by Crippen LogP contribution is 2.18. The summed E-state index contributed by atoms with van der Waals surface area (Å²) in [6.45, 7) is 7.13. The second-order valence-electron chi connectivity index (χ2n) is 4.01. The van der Waals surface area contributed by atoms with Gasteiger partial charge < -0.3 is 10.1 Å². The lowest BCUT2D eigenvalue weighted by atomic mass is 10.2. The fraction of sp³-hybridized carbons (Fsp3) is 0.615. The molecule has 1 aromatic rings. The Hall–Kier alpha value is -1.11. The molecule has 108 valence electrons. The molecule has 5 nitrogen and oxygen atoms in total. The van der Waals surface area contributed by atoms with Crippen LogP contribution in [0.25, 0.3) is 0 Å². The average Bonchev–Trinajstić information content (AvgIpc) is 2.89. The third-order valence-electron chi connectivity index (χ3n) is 2.70. The Balaban J connectivity index is 2.35. The monoisotopic (exact) mass is 284 g/mol. The first-order chi connectivity index (χ1) is 9.31. The van der Waals surface area contributed by atoms with Crippen molar-refractivity contribution in [1.29, 1.82) is 0 Å². The highest BCUT2D eigenvalue weighted by atomic mass is 32.1. The summed E-state index contributed by atoms with van der Waals surface area (Å²) >= 11 is 1.74. The summed E-state index contributed by atoms with van der Waals surface area (Å²) in [5.74, 6) is 6.08. The number of rotatable bonds is 8. The molecule has 1 rings (SSSR count). The molecule has 0 aliphatic heterocycles.